The predicted octanol–water partition coefficient (Wildman–Crippen LogP) is 8.60. The van der Waals surface area contributed by atoms with E-state index in [2.05, 4.69) is 0 Å². The van der Waals surface area contributed by atoms with Crippen LogP contribution in [0.4, 0.5) is 56.6 Å². The molecule has 0 aliphatic carbocycles. The number of aryl methyl sites for hydroxylation is 2. The quantitative estimate of drug-likeness (QED) is 0.127. The Morgan fingerprint density at radius 1 is 0.486 bits per heavy atom. The van der Waals surface area contributed by atoms with E-state index in [0.29, 0.717) is 17.5 Å². The summed E-state index contributed by atoms with van der Waals surface area (Å²) in [6, 6.07) is 9.63. The van der Waals surface area contributed by atoms with Crippen LogP contribution in [-0.2, 0) is 6.42 Å². The van der Waals surface area contributed by atoms with Crippen LogP contribution in [0.5, 0.6) is 0 Å². The molecule has 37 heavy (non-hydrogen) atoms. The Bertz CT molecular complexity index is 1520. The summed E-state index contributed by atoms with van der Waals surface area (Å²) < 4.78 is 131. The summed E-state index contributed by atoms with van der Waals surface area (Å²) >= 11 is 0. The van der Waals surface area contributed by atoms with Crippen LogP contribution in [0.15, 0.2) is 36.4 Å². The van der Waals surface area contributed by atoms with Crippen molar-refractivity contribution in [3.8, 4) is 11.1 Å². The van der Waals surface area contributed by atoms with Crippen molar-refractivity contribution in [2.24, 2.45) is 0 Å². The second-order valence-electron chi connectivity index (χ2n) is 8.70. The molecule has 0 spiro atoms. The van der Waals surface area contributed by atoms with Crippen LogP contribution in [-0.4, -0.2) is 0 Å². The van der Waals surface area contributed by atoms with Gasteiger partial charge in [0, 0.05) is 17.8 Å². The Morgan fingerprint density at radius 3 is 1.24 bits per heavy atom. The molecule has 4 aromatic rings. The Labute approximate surface area is 204 Å². The van der Waals surface area contributed by atoms with Gasteiger partial charge in [-0.2, -0.15) is 0 Å². The van der Waals surface area contributed by atoms with Crippen LogP contribution in [0.3, 0.4) is 0 Å². The summed E-state index contributed by atoms with van der Waals surface area (Å²) in [4.78, 5) is 0.923. The minimum Gasteiger partial charge on any atom is -0.305 e. The fraction of sp³-hybridized carbons (Fsp3) is 0.111. The molecule has 0 saturated heterocycles. The average Bonchev–Trinajstić information content (AvgIpc) is 2.86. The molecule has 1 aliphatic rings. The van der Waals surface area contributed by atoms with Crippen molar-refractivity contribution in [3.63, 3.8) is 0 Å². The molecule has 4 aromatic carbocycles. The molecule has 1 heterocycles. The van der Waals surface area contributed by atoms with Gasteiger partial charge < -0.3 is 4.90 Å². The zero-order valence-corrected chi connectivity index (χ0v) is 19.0. The van der Waals surface area contributed by atoms with Crippen LogP contribution in [0.1, 0.15) is 22.3 Å². The smallest absolute Gasteiger partial charge is 0.200 e. The Balaban J connectivity index is 1.84. The molecular formula is C27H14F9N. The summed E-state index contributed by atoms with van der Waals surface area (Å²) in [5.74, 6) is -21.7. The highest BCUT2D eigenvalue weighted by Crippen LogP contribution is 2.48. The fourth-order valence-electron chi connectivity index (χ4n) is 4.58. The first kappa shape index (κ1) is 24.7. The molecule has 0 N–H and O–H groups in total. The van der Waals surface area contributed by atoms with E-state index in [-0.39, 0.29) is 11.4 Å². The Kier molecular flexibility index (Phi) is 5.73. The lowest BCUT2D eigenvalue weighted by Crippen LogP contribution is -2.22. The van der Waals surface area contributed by atoms with Crippen molar-refractivity contribution >= 4 is 17.1 Å². The van der Waals surface area contributed by atoms with E-state index in [9.17, 15) is 22.0 Å². The first-order valence-corrected chi connectivity index (χ1v) is 10.8. The molecule has 190 valence electrons. The van der Waals surface area contributed by atoms with Gasteiger partial charge in [0.05, 0.1) is 11.1 Å². The number of fused-ring (bicyclic) bond motifs is 2. The number of hydrogen-bond acceptors (Lipinski definition) is 1. The third-order valence-electron chi connectivity index (χ3n) is 6.26. The van der Waals surface area contributed by atoms with E-state index in [1.54, 1.807) is 38.1 Å². The van der Waals surface area contributed by atoms with Gasteiger partial charge in [-0.15, -0.1) is 0 Å². The van der Waals surface area contributed by atoms with Gasteiger partial charge >= 0.3 is 0 Å². The molecule has 1 aliphatic heterocycles. The zero-order chi connectivity index (χ0) is 26.9. The van der Waals surface area contributed by atoms with E-state index in [0.717, 1.165) is 16.0 Å². The Morgan fingerprint density at radius 2 is 0.838 bits per heavy atom. The van der Waals surface area contributed by atoms with Crippen molar-refractivity contribution in [2.45, 2.75) is 20.3 Å². The van der Waals surface area contributed by atoms with Crippen molar-refractivity contribution in [1.29, 1.82) is 0 Å². The van der Waals surface area contributed by atoms with Gasteiger partial charge in [-0.1, -0.05) is 35.4 Å². The molecular weight excluding hydrogens is 509 g/mol. The third-order valence-corrected chi connectivity index (χ3v) is 6.26. The third kappa shape index (κ3) is 3.57. The van der Waals surface area contributed by atoms with Gasteiger partial charge in [0.2, 0.25) is 5.82 Å². The van der Waals surface area contributed by atoms with Crippen LogP contribution in [0, 0.1) is 66.2 Å². The molecule has 0 amide bonds. The summed E-state index contributed by atoms with van der Waals surface area (Å²) in [7, 11) is 0. The minimum absolute atomic E-state index is 0.183. The lowest BCUT2D eigenvalue weighted by atomic mass is 9.92. The highest BCUT2D eigenvalue weighted by Gasteiger charge is 2.37. The average molecular weight is 523 g/mol. The van der Waals surface area contributed by atoms with Gasteiger partial charge in [-0.05, 0) is 37.1 Å². The largest absolute Gasteiger partial charge is 0.305 e. The number of benzene rings is 4. The molecule has 5 rings (SSSR count). The summed E-state index contributed by atoms with van der Waals surface area (Å²) in [5, 5.41) is 0. The maximum atomic E-state index is 15.5. The van der Waals surface area contributed by atoms with E-state index >= 15 is 17.6 Å². The highest BCUT2D eigenvalue weighted by molar-refractivity contribution is 5.85. The molecule has 0 radical (unpaired) electrons. The number of halogens is 9. The van der Waals surface area contributed by atoms with Crippen molar-refractivity contribution in [1.82, 2.24) is 0 Å². The van der Waals surface area contributed by atoms with Crippen LogP contribution in [0.25, 0.3) is 11.1 Å². The van der Waals surface area contributed by atoms with Crippen LogP contribution >= 0.6 is 0 Å². The zero-order valence-electron chi connectivity index (χ0n) is 19.0. The van der Waals surface area contributed by atoms with Gasteiger partial charge in [-0.25, -0.2) is 39.5 Å². The molecule has 0 unspecified atom stereocenters. The standard InChI is InChI=1S/C27H14F9N/c1-10-3-5-14-12(7-10)9-13-8-11(2)4-6-15(13)37(14)27-25(35)20(30)17(21(31)26(27)36)16-18(28)22(32)24(34)23(33)19(16)29/h3-8H,9H2,1-2H3. The minimum atomic E-state index is -2.61. The molecule has 0 bridgehead atoms. The topological polar surface area (TPSA) is 3.24 Å². The lowest BCUT2D eigenvalue weighted by Gasteiger charge is -2.34. The van der Waals surface area contributed by atoms with Crippen molar-refractivity contribution < 1.29 is 39.5 Å². The predicted molar refractivity (Wildman–Crippen MR) is 118 cm³/mol. The van der Waals surface area contributed by atoms with Crippen molar-refractivity contribution in [3.05, 3.63) is 111 Å². The number of rotatable bonds is 2. The van der Waals surface area contributed by atoms with Gasteiger partial charge in [0.25, 0.3) is 0 Å². The van der Waals surface area contributed by atoms with Crippen molar-refractivity contribution in [2.75, 3.05) is 4.90 Å². The summed E-state index contributed by atoms with van der Waals surface area (Å²) in [5.41, 5.74) is -2.33. The van der Waals surface area contributed by atoms with E-state index in [4.69, 9.17) is 0 Å². The second kappa shape index (κ2) is 8.57. The lowest BCUT2D eigenvalue weighted by molar-refractivity contribution is 0.379. The Hall–Kier alpha value is -3.95. The second-order valence-corrected chi connectivity index (χ2v) is 8.70. The fourth-order valence-corrected chi connectivity index (χ4v) is 4.58. The normalized spacial score (nSPS) is 12.6. The summed E-state index contributed by atoms with van der Waals surface area (Å²) in [6.07, 6.45) is 0.335. The summed E-state index contributed by atoms with van der Waals surface area (Å²) in [6.45, 7) is 3.55. The molecule has 0 aromatic heterocycles. The first-order valence-electron chi connectivity index (χ1n) is 10.8. The van der Waals surface area contributed by atoms with Crippen LogP contribution < -0.4 is 4.90 Å². The maximum absolute atomic E-state index is 15.5. The first-order chi connectivity index (χ1) is 17.4. The van der Waals surface area contributed by atoms with Gasteiger partial charge in [-0.3, -0.25) is 0 Å². The molecule has 0 fully saturated rings. The van der Waals surface area contributed by atoms with Gasteiger partial charge in [0.15, 0.2) is 46.5 Å². The molecule has 0 atom stereocenters. The molecule has 10 heteroatoms. The molecule has 1 nitrogen and oxygen atoms in total. The van der Waals surface area contributed by atoms with Gasteiger partial charge in [0.1, 0.15) is 5.69 Å². The van der Waals surface area contributed by atoms with E-state index in [1.807, 2.05) is 0 Å². The van der Waals surface area contributed by atoms with Crippen LogP contribution in [0.2, 0.25) is 0 Å². The highest BCUT2D eigenvalue weighted by atomic mass is 19.2. The number of hydrogen-bond donors (Lipinski definition) is 0. The number of nitrogens with zero attached hydrogens (tertiary/aromatic N) is 1. The van der Waals surface area contributed by atoms with E-state index in [1.165, 1.54) is 12.1 Å². The van der Waals surface area contributed by atoms with E-state index < -0.39 is 69.2 Å². The SMILES string of the molecule is Cc1ccc2c(c1)Cc1cc(C)ccc1N2c1c(F)c(F)c(-c2c(F)c(F)c(F)c(F)c2F)c(F)c1F. The molecule has 0 saturated carbocycles. The maximum Gasteiger partial charge on any atom is 0.200 e. The monoisotopic (exact) mass is 523 g/mol. The number of anilines is 3.